The van der Waals surface area contributed by atoms with Crippen LogP contribution in [-0.2, 0) is 0 Å². The van der Waals surface area contributed by atoms with Crippen LogP contribution in [0.15, 0.2) is 18.2 Å². The lowest BCUT2D eigenvalue weighted by atomic mass is 9.78. The van der Waals surface area contributed by atoms with Crippen molar-refractivity contribution in [3.05, 3.63) is 33.8 Å². The molecule has 2 rings (SSSR count). The summed E-state index contributed by atoms with van der Waals surface area (Å²) < 4.78 is 0. The topological polar surface area (TPSA) is 44.0 Å². The van der Waals surface area contributed by atoms with E-state index >= 15 is 0 Å². The van der Waals surface area contributed by atoms with E-state index < -0.39 is 11.5 Å². The fourth-order valence-corrected chi connectivity index (χ4v) is 3.05. The van der Waals surface area contributed by atoms with Crippen LogP contribution < -0.4 is 0 Å². The number of hydrogen-bond acceptors (Lipinski definition) is 2. The van der Waals surface area contributed by atoms with Gasteiger partial charge >= 0.3 is 0 Å². The summed E-state index contributed by atoms with van der Waals surface area (Å²) >= 11 is 11.8. The molecule has 4 heteroatoms. The van der Waals surface area contributed by atoms with Crippen molar-refractivity contribution in [2.75, 3.05) is 0 Å². The maximum Gasteiger partial charge on any atom is 0.0976 e. The van der Waals surface area contributed by atoms with Gasteiger partial charge < -0.3 is 5.11 Å². The Balaban J connectivity index is 2.32. The highest BCUT2D eigenvalue weighted by atomic mass is 35.5. The number of nitrogens with zero attached hydrogens (tertiary/aromatic N) is 1. The second kappa shape index (κ2) is 5.09. The summed E-state index contributed by atoms with van der Waals surface area (Å²) in [6, 6.07) is 7.36. The fraction of sp³-hybridized carbons (Fsp3) is 0.500. The highest BCUT2D eigenvalue weighted by molar-refractivity contribution is 6.42. The lowest BCUT2D eigenvalue weighted by Crippen LogP contribution is -2.24. The second-order valence-electron chi connectivity index (χ2n) is 5.19. The normalized spacial score (nSPS) is 28.9. The molecule has 18 heavy (non-hydrogen) atoms. The van der Waals surface area contributed by atoms with Crippen LogP contribution in [0, 0.1) is 22.7 Å². The summed E-state index contributed by atoms with van der Waals surface area (Å²) in [7, 11) is 0. The smallest absolute Gasteiger partial charge is 0.0976 e. The molecule has 1 aromatic carbocycles. The first-order valence-electron chi connectivity index (χ1n) is 6.03. The molecule has 1 aliphatic rings. The van der Waals surface area contributed by atoms with Gasteiger partial charge in [-0.1, -0.05) is 36.2 Å². The summed E-state index contributed by atoms with van der Waals surface area (Å²) in [6.07, 6.45) is 1.63. The molecule has 1 N–H and O–H groups in total. The van der Waals surface area contributed by atoms with Crippen molar-refractivity contribution in [1.82, 2.24) is 0 Å². The Morgan fingerprint density at radius 3 is 2.67 bits per heavy atom. The van der Waals surface area contributed by atoms with Gasteiger partial charge in [-0.2, -0.15) is 5.26 Å². The standard InChI is InChI=1S/C14H15Cl2NO/c1-9-4-5-14(7-9,8-17)13(18)10-2-3-11(15)12(16)6-10/h2-3,6,9,13,18H,4-5,7H2,1H3. The Hall–Kier alpha value is -0.750. The molecule has 0 saturated heterocycles. The van der Waals surface area contributed by atoms with Crippen LogP contribution in [0.5, 0.6) is 0 Å². The van der Waals surface area contributed by atoms with Crippen molar-refractivity contribution in [2.45, 2.75) is 32.3 Å². The molecule has 3 atom stereocenters. The predicted octanol–water partition coefficient (Wildman–Crippen LogP) is 4.36. The number of halogens is 2. The van der Waals surface area contributed by atoms with Gasteiger partial charge in [-0.3, -0.25) is 0 Å². The number of rotatable bonds is 2. The Morgan fingerprint density at radius 2 is 2.17 bits per heavy atom. The minimum atomic E-state index is -0.804. The second-order valence-corrected chi connectivity index (χ2v) is 6.01. The molecule has 1 aromatic rings. The summed E-state index contributed by atoms with van der Waals surface area (Å²) in [4.78, 5) is 0. The maximum atomic E-state index is 10.5. The third kappa shape index (κ3) is 2.36. The van der Waals surface area contributed by atoms with E-state index in [0.29, 0.717) is 21.5 Å². The fourth-order valence-electron chi connectivity index (χ4n) is 2.74. The number of benzene rings is 1. The molecule has 1 aliphatic carbocycles. The Bertz CT molecular complexity index is 497. The van der Waals surface area contributed by atoms with Gasteiger partial charge in [0.15, 0.2) is 0 Å². The van der Waals surface area contributed by atoms with Crippen LogP contribution in [0.25, 0.3) is 0 Å². The molecular weight excluding hydrogens is 269 g/mol. The van der Waals surface area contributed by atoms with Crippen molar-refractivity contribution < 1.29 is 5.11 Å². The Kier molecular flexibility index (Phi) is 3.87. The lowest BCUT2D eigenvalue weighted by molar-refractivity contribution is 0.0647. The van der Waals surface area contributed by atoms with Gasteiger partial charge in [0.1, 0.15) is 0 Å². The van der Waals surface area contributed by atoms with Gasteiger partial charge in [-0.25, -0.2) is 0 Å². The van der Waals surface area contributed by atoms with Crippen LogP contribution in [0.4, 0.5) is 0 Å². The molecule has 0 aromatic heterocycles. The van der Waals surface area contributed by atoms with Gasteiger partial charge in [-0.15, -0.1) is 0 Å². The van der Waals surface area contributed by atoms with Crippen LogP contribution in [0.1, 0.15) is 37.9 Å². The Labute approximate surface area is 117 Å². The van der Waals surface area contributed by atoms with E-state index in [1.165, 1.54) is 0 Å². The molecule has 96 valence electrons. The van der Waals surface area contributed by atoms with E-state index in [1.54, 1.807) is 18.2 Å². The first-order chi connectivity index (χ1) is 8.48. The molecule has 0 amide bonds. The number of aliphatic hydroxyl groups is 1. The zero-order valence-electron chi connectivity index (χ0n) is 10.2. The zero-order chi connectivity index (χ0) is 13.3. The van der Waals surface area contributed by atoms with Crippen LogP contribution >= 0.6 is 23.2 Å². The highest BCUT2D eigenvalue weighted by Crippen LogP contribution is 2.49. The zero-order valence-corrected chi connectivity index (χ0v) is 11.7. The highest BCUT2D eigenvalue weighted by Gasteiger charge is 2.44. The number of nitriles is 1. The molecular formula is C14H15Cl2NO. The number of hydrogen-bond donors (Lipinski definition) is 1. The van der Waals surface area contributed by atoms with Crippen molar-refractivity contribution in [1.29, 1.82) is 5.26 Å². The molecule has 0 aliphatic heterocycles. The third-order valence-corrected chi connectivity index (χ3v) is 4.54. The molecule has 1 fully saturated rings. The van der Waals surface area contributed by atoms with Gasteiger partial charge in [0, 0.05) is 0 Å². The van der Waals surface area contributed by atoms with E-state index in [2.05, 4.69) is 13.0 Å². The molecule has 0 radical (unpaired) electrons. The monoisotopic (exact) mass is 283 g/mol. The van der Waals surface area contributed by atoms with Gasteiger partial charge in [0.2, 0.25) is 0 Å². The van der Waals surface area contributed by atoms with Crippen LogP contribution in [0.3, 0.4) is 0 Å². The summed E-state index contributed by atoms with van der Waals surface area (Å²) in [5.74, 6) is 0.474. The summed E-state index contributed by atoms with van der Waals surface area (Å²) in [6.45, 7) is 2.11. The van der Waals surface area contributed by atoms with E-state index in [-0.39, 0.29) is 0 Å². The largest absolute Gasteiger partial charge is 0.387 e. The molecule has 0 bridgehead atoms. The Morgan fingerprint density at radius 1 is 1.44 bits per heavy atom. The third-order valence-electron chi connectivity index (χ3n) is 3.80. The molecule has 0 spiro atoms. The van der Waals surface area contributed by atoms with Crippen molar-refractivity contribution >= 4 is 23.2 Å². The van der Waals surface area contributed by atoms with Gasteiger partial charge in [0.25, 0.3) is 0 Å². The van der Waals surface area contributed by atoms with Crippen molar-refractivity contribution in [2.24, 2.45) is 11.3 Å². The van der Waals surface area contributed by atoms with E-state index in [1.807, 2.05) is 0 Å². The van der Waals surface area contributed by atoms with Gasteiger partial charge in [-0.05, 0) is 42.9 Å². The molecule has 1 saturated carbocycles. The number of aliphatic hydroxyl groups excluding tert-OH is 1. The lowest BCUT2D eigenvalue weighted by Gasteiger charge is -2.27. The first kappa shape index (κ1) is 13.7. The quantitative estimate of drug-likeness (QED) is 0.877. The molecule has 2 nitrogen and oxygen atoms in total. The van der Waals surface area contributed by atoms with Crippen molar-refractivity contribution in [3.8, 4) is 6.07 Å². The molecule has 0 heterocycles. The molecule has 3 unspecified atom stereocenters. The average molecular weight is 284 g/mol. The minimum absolute atomic E-state index is 0.410. The summed E-state index contributed by atoms with van der Waals surface area (Å²) in [5, 5.41) is 20.8. The SMILES string of the molecule is CC1CCC(C#N)(C(O)c2ccc(Cl)c(Cl)c2)C1. The van der Waals surface area contributed by atoms with E-state index in [4.69, 9.17) is 23.2 Å². The maximum absolute atomic E-state index is 10.5. The predicted molar refractivity (Wildman–Crippen MR) is 72.5 cm³/mol. The van der Waals surface area contributed by atoms with E-state index in [0.717, 1.165) is 19.3 Å². The minimum Gasteiger partial charge on any atom is -0.387 e. The van der Waals surface area contributed by atoms with E-state index in [9.17, 15) is 10.4 Å². The average Bonchev–Trinajstić information content (AvgIpc) is 2.75. The first-order valence-corrected chi connectivity index (χ1v) is 6.78. The van der Waals surface area contributed by atoms with Gasteiger partial charge in [0.05, 0.1) is 27.6 Å². The van der Waals surface area contributed by atoms with Crippen LogP contribution in [0.2, 0.25) is 10.0 Å². The van der Waals surface area contributed by atoms with Crippen LogP contribution in [-0.4, -0.2) is 5.11 Å². The van der Waals surface area contributed by atoms with Crippen molar-refractivity contribution in [3.63, 3.8) is 0 Å². The summed E-state index contributed by atoms with van der Waals surface area (Å²) in [5.41, 5.74) is -0.0172.